The summed E-state index contributed by atoms with van der Waals surface area (Å²) in [6.45, 7) is 2.01. The molecule has 10 heteroatoms. The molecule has 2 N–H and O–H groups in total. The highest BCUT2D eigenvalue weighted by Crippen LogP contribution is 2.27. The first-order chi connectivity index (χ1) is 13.5. The van der Waals surface area contributed by atoms with Crippen LogP contribution < -0.4 is 0 Å². The number of carbonyl (C=O) groups is 1. The second-order valence-corrected chi connectivity index (χ2v) is 6.82. The summed E-state index contributed by atoms with van der Waals surface area (Å²) in [5.74, 6) is -0.409. The van der Waals surface area contributed by atoms with Gasteiger partial charge in [0.05, 0.1) is 10.6 Å². The number of nitro benzene ring substituents is 1. The molecule has 2 heterocycles. The van der Waals surface area contributed by atoms with E-state index in [0.717, 1.165) is 24.6 Å². The van der Waals surface area contributed by atoms with Crippen LogP contribution in [0.5, 0.6) is 0 Å². The molecule has 0 spiro atoms. The number of benzene rings is 1. The Labute approximate surface area is 164 Å². The molecule has 2 aromatic heterocycles. The minimum atomic E-state index is -1.11. The fraction of sp³-hybridized carbons (Fsp3) is 0.167. The monoisotopic (exact) mass is 399 g/mol. The van der Waals surface area contributed by atoms with Gasteiger partial charge in [-0.3, -0.25) is 15.2 Å². The molecule has 0 saturated heterocycles. The van der Waals surface area contributed by atoms with Crippen molar-refractivity contribution in [2.24, 2.45) is 0 Å². The number of aliphatic carboxylic acids is 1. The van der Waals surface area contributed by atoms with Gasteiger partial charge in [0.15, 0.2) is 0 Å². The third-order valence-corrected chi connectivity index (χ3v) is 4.67. The molecule has 1 aromatic carbocycles. The number of nitrogens with zero attached hydrogens (tertiary/aromatic N) is 4. The fourth-order valence-corrected chi connectivity index (χ4v) is 3.25. The maximum absolute atomic E-state index is 11.7. The molecule has 0 saturated carbocycles. The Morgan fingerprint density at radius 2 is 2.21 bits per heavy atom. The summed E-state index contributed by atoms with van der Waals surface area (Å²) in [4.78, 5) is 26.5. The summed E-state index contributed by atoms with van der Waals surface area (Å²) in [5, 5.41) is 27.7. The van der Waals surface area contributed by atoms with Crippen LogP contribution in [-0.2, 0) is 11.2 Å². The summed E-state index contributed by atoms with van der Waals surface area (Å²) in [5.41, 5.74) is 1.08. The Hall–Kier alpha value is -3.40. The van der Waals surface area contributed by atoms with E-state index in [9.17, 15) is 20.0 Å². The van der Waals surface area contributed by atoms with Gasteiger partial charge in [0.2, 0.25) is 5.16 Å². The van der Waals surface area contributed by atoms with Gasteiger partial charge in [-0.25, -0.2) is 9.78 Å². The Balaban J connectivity index is 1.92. The number of rotatable bonds is 8. The normalized spacial score (nSPS) is 11.5. The lowest BCUT2D eigenvalue weighted by Gasteiger charge is -2.07. The second kappa shape index (κ2) is 8.53. The first-order valence-corrected chi connectivity index (χ1v) is 9.26. The molecular weight excluding hydrogens is 382 g/mol. The zero-order valence-corrected chi connectivity index (χ0v) is 15.7. The largest absolute Gasteiger partial charge is 0.477 e. The van der Waals surface area contributed by atoms with E-state index in [2.05, 4.69) is 15.2 Å². The molecule has 3 rings (SSSR count). The number of carboxylic acids is 1. The van der Waals surface area contributed by atoms with Crippen molar-refractivity contribution in [3.05, 3.63) is 69.1 Å². The summed E-state index contributed by atoms with van der Waals surface area (Å²) >= 11 is 0.940. The van der Waals surface area contributed by atoms with E-state index in [4.69, 9.17) is 0 Å². The van der Waals surface area contributed by atoms with Crippen LogP contribution in [-0.4, -0.2) is 35.7 Å². The number of nitro groups is 1. The minimum Gasteiger partial charge on any atom is -0.477 e. The van der Waals surface area contributed by atoms with Crippen LogP contribution in [0.1, 0.15) is 24.9 Å². The van der Waals surface area contributed by atoms with Gasteiger partial charge in [-0.1, -0.05) is 13.0 Å². The highest BCUT2D eigenvalue weighted by Gasteiger charge is 2.15. The van der Waals surface area contributed by atoms with Crippen molar-refractivity contribution in [2.75, 3.05) is 0 Å². The smallest absolute Gasteiger partial charge is 0.342 e. The SMILES string of the molecule is CCCc1nc(S/C(=C\c2cccn2-c2cccc([N+](=O)[O-])c2)C(=O)O)n[nH]1. The van der Waals surface area contributed by atoms with Gasteiger partial charge >= 0.3 is 5.97 Å². The van der Waals surface area contributed by atoms with Gasteiger partial charge in [0.25, 0.3) is 5.69 Å². The number of aromatic nitrogens is 4. The molecule has 9 nitrogen and oxygen atoms in total. The molecule has 0 unspecified atom stereocenters. The number of carboxylic acid groups (broad SMARTS) is 1. The predicted molar refractivity (Wildman–Crippen MR) is 104 cm³/mol. The van der Waals surface area contributed by atoms with Crippen LogP contribution >= 0.6 is 11.8 Å². The van der Waals surface area contributed by atoms with Crippen molar-refractivity contribution < 1.29 is 14.8 Å². The number of hydrogen-bond donors (Lipinski definition) is 2. The van der Waals surface area contributed by atoms with Crippen LogP contribution in [0.2, 0.25) is 0 Å². The Morgan fingerprint density at radius 1 is 1.39 bits per heavy atom. The lowest BCUT2D eigenvalue weighted by atomic mass is 10.2. The molecule has 0 aliphatic carbocycles. The minimum absolute atomic E-state index is 0.0347. The number of thioether (sulfide) groups is 1. The maximum Gasteiger partial charge on any atom is 0.342 e. The van der Waals surface area contributed by atoms with Crippen LogP contribution in [0.25, 0.3) is 11.8 Å². The number of non-ortho nitro benzene ring substituents is 1. The molecule has 0 radical (unpaired) electrons. The predicted octanol–water partition coefficient (Wildman–Crippen LogP) is 3.67. The molecule has 0 aliphatic rings. The van der Waals surface area contributed by atoms with E-state index < -0.39 is 10.9 Å². The number of nitrogens with one attached hydrogen (secondary N) is 1. The van der Waals surface area contributed by atoms with Crippen LogP contribution in [0.15, 0.2) is 52.7 Å². The van der Waals surface area contributed by atoms with E-state index in [1.54, 1.807) is 35.0 Å². The lowest BCUT2D eigenvalue weighted by Crippen LogP contribution is -2.00. The summed E-state index contributed by atoms with van der Waals surface area (Å²) < 4.78 is 1.68. The third kappa shape index (κ3) is 4.46. The van der Waals surface area contributed by atoms with Crippen molar-refractivity contribution in [2.45, 2.75) is 24.9 Å². The van der Waals surface area contributed by atoms with Gasteiger partial charge in [-0.15, -0.1) is 5.10 Å². The van der Waals surface area contributed by atoms with Gasteiger partial charge in [0, 0.05) is 30.4 Å². The third-order valence-electron chi connectivity index (χ3n) is 3.79. The van der Waals surface area contributed by atoms with Crippen molar-refractivity contribution in [3.63, 3.8) is 0 Å². The molecule has 144 valence electrons. The molecule has 0 atom stereocenters. The van der Waals surface area contributed by atoms with Crippen molar-refractivity contribution in [1.29, 1.82) is 0 Å². The number of hydrogen-bond acceptors (Lipinski definition) is 6. The van der Waals surface area contributed by atoms with Crippen LogP contribution in [0.3, 0.4) is 0 Å². The number of aryl methyl sites for hydroxylation is 1. The molecule has 3 aromatic rings. The molecule has 0 fully saturated rings. The molecule has 28 heavy (non-hydrogen) atoms. The number of H-pyrrole nitrogens is 1. The molecule has 0 bridgehead atoms. The van der Waals surface area contributed by atoms with E-state index in [1.165, 1.54) is 18.2 Å². The first-order valence-electron chi connectivity index (χ1n) is 8.44. The Morgan fingerprint density at radius 3 is 2.93 bits per heavy atom. The zero-order chi connectivity index (χ0) is 20.1. The molecule has 0 amide bonds. The van der Waals surface area contributed by atoms with Gasteiger partial charge in [-0.05, 0) is 42.5 Å². The van der Waals surface area contributed by atoms with Gasteiger partial charge < -0.3 is 9.67 Å². The summed E-state index contributed by atoms with van der Waals surface area (Å²) in [7, 11) is 0. The van der Waals surface area contributed by atoms with Crippen LogP contribution in [0.4, 0.5) is 5.69 Å². The topological polar surface area (TPSA) is 127 Å². The van der Waals surface area contributed by atoms with Crippen molar-refractivity contribution in [1.82, 2.24) is 19.7 Å². The Kier molecular flexibility index (Phi) is 5.90. The highest BCUT2D eigenvalue weighted by molar-refractivity contribution is 8.04. The highest BCUT2D eigenvalue weighted by atomic mass is 32.2. The standard InChI is InChI=1S/C18H17N5O4S/c1-2-5-16-19-18(21-20-16)28-15(17(24)25)11-13-8-4-9-22(13)12-6-3-7-14(10-12)23(26)27/h3-4,6-11H,2,5H2,1H3,(H,24,25)(H,19,20,21)/b15-11-. The molecule has 0 aliphatic heterocycles. The maximum atomic E-state index is 11.7. The first kappa shape index (κ1) is 19.4. The average Bonchev–Trinajstić information content (AvgIpc) is 3.31. The van der Waals surface area contributed by atoms with E-state index >= 15 is 0 Å². The van der Waals surface area contributed by atoms with Crippen molar-refractivity contribution >= 4 is 29.5 Å². The van der Waals surface area contributed by atoms with E-state index in [-0.39, 0.29) is 10.6 Å². The second-order valence-electron chi connectivity index (χ2n) is 5.81. The van der Waals surface area contributed by atoms with Gasteiger partial charge in [0.1, 0.15) is 10.7 Å². The van der Waals surface area contributed by atoms with E-state index in [1.807, 2.05) is 6.92 Å². The average molecular weight is 399 g/mol. The summed E-state index contributed by atoms with van der Waals surface area (Å²) in [6, 6.07) is 9.58. The quantitative estimate of drug-likeness (QED) is 0.256. The van der Waals surface area contributed by atoms with Crippen molar-refractivity contribution in [3.8, 4) is 5.69 Å². The molecular formula is C18H17N5O4S. The summed E-state index contributed by atoms with van der Waals surface area (Å²) in [6.07, 6.45) is 4.83. The van der Waals surface area contributed by atoms with E-state index in [0.29, 0.717) is 22.4 Å². The Bertz CT molecular complexity index is 1040. The zero-order valence-electron chi connectivity index (χ0n) is 14.9. The fourth-order valence-electron chi connectivity index (χ4n) is 2.54. The van der Waals surface area contributed by atoms with Gasteiger partial charge in [-0.2, -0.15) is 0 Å². The van der Waals surface area contributed by atoms with Crippen LogP contribution in [0, 0.1) is 10.1 Å². The number of aromatic amines is 1. The lowest BCUT2D eigenvalue weighted by molar-refractivity contribution is -0.384.